The van der Waals surface area contributed by atoms with Crippen molar-refractivity contribution >= 4 is 35.1 Å². The van der Waals surface area contributed by atoms with Gasteiger partial charge in [-0.2, -0.15) is 13.2 Å². The molecule has 0 radical (unpaired) electrons. The van der Waals surface area contributed by atoms with Crippen molar-refractivity contribution in [2.24, 2.45) is 0 Å². The van der Waals surface area contributed by atoms with Gasteiger partial charge in [0.1, 0.15) is 17.7 Å². The van der Waals surface area contributed by atoms with Crippen molar-refractivity contribution in [2.75, 3.05) is 11.9 Å². The van der Waals surface area contributed by atoms with E-state index in [4.69, 9.17) is 5.41 Å². The Morgan fingerprint density at radius 3 is 2.60 bits per heavy atom. The lowest BCUT2D eigenvalue weighted by molar-refractivity contribution is -0.142. The summed E-state index contributed by atoms with van der Waals surface area (Å²) in [5.41, 5.74) is 2.03. The van der Waals surface area contributed by atoms with Crippen molar-refractivity contribution in [3.63, 3.8) is 0 Å². The summed E-state index contributed by atoms with van der Waals surface area (Å²) in [4.78, 5) is 27.4. The van der Waals surface area contributed by atoms with Gasteiger partial charge < -0.3 is 26.5 Å². The van der Waals surface area contributed by atoms with E-state index in [0.29, 0.717) is 33.7 Å². The Bertz CT molecular complexity index is 1300. The minimum atomic E-state index is -4.51. The second kappa shape index (κ2) is 9.87. The quantitative estimate of drug-likeness (QED) is 0.304. The van der Waals surface area contributed by atoms with Gasteiger partial charge in [0.25, 0.3) is 0 Å². The molecule has 0 spiro atoms. The number of carbonyl (C=O) groups excluding carboxylic acids is 1. The molecular weight excluding hydrogens is 465 g/mol. The third-order valence-electron chi connectivity index (χ3n) is 4.99. The number of allylic oxidation sites excluding steroid dienone is 1. The first-order valence-electron chi connectivity index (χ1n) is 10.3. The lowest BCUT2D eigenvalue weighted by atomic mass is 10.1. The minimum Gasteiger partial charge on any atom is -0.480 e. The number of aliphatic carboxylic acids is 1. The van der Waals surface area contributed by atoms with Crippen LogP contribution in [0.1, 0.15) is 19.4 Å². The van der Waals surface area contributed by atoms with Crippen LogP contribution in [0, 0.1) is 5.41 Å². The van der Waals surface area contributed by atoms with Crippen LogP contribution in [0.3, 0.4) is 0 Å². The van der Waals surface area contributed by atoms with Gasteiger partial charge in [-0.15, -0.1) is 0 Å². The maximum absolute atomic E-state index is 12.3. The van der Waals surface area contributed by atoms with Gasteiger partial charge >= 0.3 is 18.2 Å². The fraction of sp³-hybridized carbons (Fsp3) is 0.217. The summed E-state index contributed by atoms with van der Waals surface area (Å²) in [6.45, 7) is 1.56. The van der Waals surface area contributed by atoms with Gasteiger partial charge in [0.2, 0.25) is 0 Å². The average Bonchev–Trinajstić information content (AvgIpc) is 3.21. The van der Waals surface area contributed by atoms with Gasteiger partial charge in [-0.1, -0.05) is 12.1 Å². The zero-order valence-corrected chi connectivity index (χ0v) is 18.8. The molecule has 2 aromatic heterocycles. The van der Waals surface area contributed by atoms with Crippen molar-refractivity contribution in [3.05, 3.63) is 60.6 Å². The number of hydrogen-bond donors (Lipinski definition) is 5. The Hall–Kier alpha value is -4.35. The monoisotopic (exact) mass is 488 g/mol. The highest BCUT2D eigenvalue weighted by Gasteiger charge is 2.27. The van der Waals surface area contributed by atoms with E-state index in [1.165, 1.54) is 20.0 Å². The highest BCUT2D eigenvalue weighted by atomic mass is 19.4. The number of pyridine rings is 1. The predicted molar refractivity (Wildman–Crippen MR) is 125 cm³/mol. The van der Waals surface area contributed by atoms with Crippen LogP contribution in [0.2, 0.25) is 0 Å². The van der Waals surface area contributed by atoms with E-state index >= 15 is 0 Å². The molecule has 12 heteroatoms. The third-order valence-corrected chi connectivity index (χ3v) is 4.99. The molecule has 0 aliphatic carbocycles. The average molecular weight is 488 g/mol. The molecule has 0 aliphatic rings. The number of carboxylic acid groups (broad SMARTS) is 1. The highest BCUT2D eigenvalue weighted by Crippen LogP contribution is 2.25. The number of carbonyl (C=O) groups is 2. The minimum absolute atomic E-state index is 0.301. The van der Waals surface area contributed by atoms with Gasteiger partial charge in [0.15, 0.2) is 0 Å². The lowest BCUT2D eigenvalue weighted by Crippen LogP contribution is -2.43. The molecule has 2 heterocycles. The number of halogens is 3. The number of carboxylic acids is 1. The Balaban J connectivity index is 1.83. The Labute approximate surface area is 198 Å². The number of imidazole rings is 1. The summed E-state index contributed by atoms with van der Waals surface area (Å²) in [6.07, 6.45) is 1.36. The lowest BCUT2D eigenvalue weighted by Gasteiger charge is -2.20. The standard InChI is InChI=1S/C23H23F3N6O3/c1-22(2,20(33)34)30-11-16(10-27)14-6-7-32-18(12-28-19(32)9-14)15-4-3-5-17(8-15)31-21(35)29-13-23(24,25)26/h3-12,27,30H,13H2,1-2H3,(H,33,34)(H2,29,31,35)/b16-11+,27-10?. The van der Waals surface area contributed by atoms with E-state index in [0.717, 1.165) is 6.21 Å². The van der Waals surface area contributed by atoms with E-state index in [-0.39, 0.29) is 0 Å². The molecule has 1 aromatic carbocycles. The molecule has 0 saturated carbocycles. The summed E-state index contributed by atoms with van der Waals surface area (Å²) in [5, 5.41) is 23.8. The summed E-state index contributed by atoms with van der Waals surface area (Å²) in [6, 6.07) is 9.04. The molecular formula is C23H23F3N6O3. The van der Waals surface area contributed by atoms with Crippen molar-refractivity contribution in [3.8, 4) is 11.3 Å². The molecule has 0 atom stereocenters. The fourth-order valence-electron chi connectivity index (χ4n) is 3.01. The topological polar surface area (TPSA) is 132 Å². The Kier molecular flexibility index (Phi) is 7.13. The molecule has 0 aliphatic heterocycles. The maximum Gasteiger partial charge on any atom is 0.405 e. The van der Waals surface area contributed by atoms with E-state index in [1.54, 1.807) is 58.5 Å². The van der Waals surface area contributed by atoms with Crippen LogP contribution < -0.4 is 16.0 Å². The van der Waals surface area contributed by atoms with Gasteiger partial charge in [0, 0.05) is 35.4 Å². The van der Waals surface area contributed by atoms with E-state index in [2.05, 4.69) is 15.6 Å². The number of rotatable bonds is 8. The highest BCUT2D eigenvalue weighted by molar-refractivity contribution is 6.08. The van der Waals surface area contributed by atoms with Gasteiger partial charge in [0.05, 0.1) is 11.9 Å². The van der Waals surface area contributed by atoms with E-state index < -0.39 is 30.3 Å². The number of benzene rings is 1. The normalized spacial score (nSPS) is 12.3. The molecule has 3 aromatic rings. The first kappa shape index (κ1) is 25.3. The zero-order valence-electron chi connectivity index (χ0n) is 18.8. The van der Waals surface area contributed by atoms with Crippen LogP contribution in [-0.2, 0) is 4.79 Å². The van der Waals surface area contributed by atoms with Crippen LogP contribution in [0.4, 0.5) is 23.7 Å². The predicted octanol–water partition coefficient (Wildman–Crippen LogP) is 4.13. The van der Waals surface area contributed by atoms with Crippen LogP contribution >= 0.6 is 0 Å². The van der Waals surface area contributed by atoms with Crippen molar-refractivity contribution in [1.29, 1.82) is 5.41 Å². The number of alkyl halides is 3. The number of fused-ring (bicyclic) bond motifs is 1. The van der Waals surface area contributed by atoms with Crippen molar-refractivity contribution in [2.45, 2.75) is 25.6 Å². The molecule has 9 nitrogen and oxygen atoms in total. The Morgan fingerprint density at radius 2 is 1.94 bits per heavy atom. The summed E-state index contributed by atoms with van der Waals surface area (Å²) >= 11 is 0. The molecule has 3 rings (SSSR count). The second-order valence-corrected chi connectivity index (χ2v) is 8.11. The first-order chi connectivity index (χ1) is 16.4. The number of nitrogens with zero attached hydrogens (tertiary/aromatic N) is 2. The molecule has 0 bridgehead atoms. The molecule has 2 amide bonds. The number of urea groups is 1. The van der Waals surface area contributed by atoms with Crippen molar-refractivity contribution < 1.29 is 27.9 Å². The second-order valence-electron chi connectivity index (χ2n) is 8.11. The molecule has 184 valence electrons. The smallest absolute Gasteiger partial charge is 0.405 e. The first-order valence-corrected chi connectivity index (χ1v) is 10.3. The number of hydrogen-bond acceptors (Lipinski definition) is 5. The summed E-state index contributed by atoms with van der Waals surface area (Å²) in [5.74, 6) is -1.04. The van der Waals surface area contributed by atoms with Gasteiger partial charge in [-0.05, 0) is 43.7 Å². The number of nitrogens with one attached hydrogen (secondary N) is 4. The van der Waals surface area contributed by atoms with E-state index in [1.807, 2.05) is 0 Å². The SMILES string of the molecule is CC(C)(N/C=C(\C=N)c1ccn2c(-c3cccc(NC(=O)NCC(F)(F)F)c3)cnc2c1)C(=O)O. The van der Waals surface area contributed by atoms with Crippen LogP contribution in [0.25, 0.3) is 22.5 Å². The zero-order chi connectivity index (χ0) is 25.8. The molecule has 35 heavy (non-hydrogen) atoms. The summed E-state index contributed by atoms with van der Waals surface area (Å²) < 4.78 is 38.6. The molecule has 0 unspecified atom stereocenters. The molecule has 5 N–H and O–H groups in total. The van der Waals surface area contributed by atoms with Crippen LogP contribution in [-0.4, -0.2) is 51.0 Å². The Morgan fingerprint density at radius 1 is 1.20 bits per heavy atom. The van der Waals surface area contributed by atoms with Crippen molar-refractivity contribution in [1.82, 2.24) is 20.0 Å². The van der Waals surface area contributed by atoms with Gasteiger partial charge in [-0.3, -0.25) is 4.40 Å². The number of amides is 2. The molecule has 0 fully saturated rings. The molecule has 0 saturated heterocycles. The van der Waals surface area contributed by atoms with Crippen LogP contribution in [0.5, 0.6) is 0 Å². The maximum atomic E-state index is 12.3. The third kappa shape index (κ3) is 6.37. The fourth-order valence-corrected chi connectivity index (χ4v) is 3.01. The van der Waals surface area contributed by atoms with E-state index in [9.17, 15) is 27.9 Å². The summed E-state index contributed by atoms with van der Waals surface area (Å²) in [7, 11) is 0. The number of aromatic nitrogens is 2. The van der Waals surface area contributed by atoms with Crippen LogP contribution in [0.15, 0.2) is 55.0 Å². The number of anilines is 1. The van der Waals surface area contributed by atoms with Gasteiger partial charge in [-0.25, -0.2) is 14.6 Å². The largest absolute Gasteiger partial charge is 0.480 e.